The highest BCUT2D eigenvalue weighted by Gasteiger charge is 2.09. The van der Waals surface area contributed by atoms with E-state index in [-0.39, 0.29) is 24.0 Å². The van der Waals surface area contributed by atoms with Crippen molar-refractivity contribution in [3.05, 3.63) is 35.4 Å². The second kappa shape index (κ2) is 15.9. The lowest BCUT2D eigenvalue weighted by molar-refractivity contribution is 0.0376. The van der Waals surface area contributed by atoms with Gasteiger partial charge in [0, 0.05) is 32.7 Å². The maximum atomic E-state index is 5.40. The van der Waals surface area contributed by atoms with Crippen LogP contribution in [0.15, 0.2) is 29.3 Å². The van der Waals surface area contributed by atoms with Gasteiger partial charge in [-0.25, -0.2) is 4.99 Å². The van der Waals surface area contributed by atoms with Crippen LogP contribution in [0, 0.1) is 0 Å². The molecule has 0 radical (unpaired) electrons. The van der Waals surface area contributed by atoms with Crippen molar-refractivity contribution < 1.29 is 4.74 Å². The molecule has 0 saturated carbocycles. The molecule has 1 aliphatic rings. The molecule has 0 spiro atoms. The van der Waals surface area contributed by atoms with Crippen LogP contribution >= 0.6 is 24.0 Å². The second-order valence-electron chi connectivity index (χ2n) is 7.21. The third-order valence-electron chi connectivity index (χ3n) is 5.10. The third-order valence-corrected chi connectivity index (χ3v) is 5.10. The molecule has 1 aromatic rings. The Morgan fingerprint density at radius 1 is 1.10 bits per heavy atom. The number of hydrogen-bond acceptors (Lipinski definition) is 4. The molecule has 6 nitrogen and oxygen atoms in total. The summed E-state index contributed by atoms with van der Waals surface area (Å²) in [5.41, 5.74) is 2.62. The van der Waals surface area contributed by atoms with Gasteiger partial charge in [0.15, 0.2) is 5.96 Å². The Bertz CT molecular complexity index is 574. The van der Waals surface area contributed by atoms with Gasteiger partial charge in [0.1, 0.15) is 0 Å². The summed E-state index contributed by atoms with van der Waals surface area (Å²) in [5, 5.41) is 6.82. The largest absolute Gasteiger partial charge is 0.379 e. The van der Waals surface area contributed by atoms with Crippen LogP contribution in [-0.2, 0) is 17.8 Å². The zero-order chi connectivity index (χ0) is 20.0. The summed E-state index contributed by atoms with van der Waals surface area (Å²) in [6, 6.07) is 8.80. The maximum Gasteiger partial charge on any atom is 0.191 e. The minimum Gasteiger partial charge on any atom is -0.379 e. The minimum absolute atomic E-state index is 0. The summed E-state index contributed by atoms with van der Waals surface area (Å²) in [7, 11) is 0. The summed E-state index contributed by atoms with van der Waals surface area (Å²) in [4.78, 5) is 9.68. The molecular weight excluding hydrogens is 477 g/mol. The maximum absolute atomic E-state index is 5.40. The lowest BCUT2D eigenvalue weighted by Crippen LogP contribution is -2.40. The number of guanidine groups is 1. The number of rotatable bonds is 11. The van der Waals surface area contributed by atoms with E-state index >= 15 is 0 Å². The molecule has 1 saturated heterocycles. The predicted molar refractivity (Wildman–Crippen MR) is 133 cm³/mol. The molecule has 166 valence electrons. The van der Waals surface area contributed by atoms with Gasteiger partial charge in [-0.2, -0.15) is 0 Å². The Kier molecular flexibility index (Phi) is 14.3. The molecule has 1 aliphatic heterocycles. The lowest BCUT2D eigenvalue weighted by atomic mass is 10.1. The molecule has 0 amide bonds. The number of benzene rings is 1. The molecule has 0 bridgehead atoms. The van der Waals surface area contributed by atoms with E-state index in [0.29, 0.717) is 6.54 Å². The topological polar surface area (TPSA) is 52.1 Å². The minimum atomic E-state index is 0. The quantitative estimate of drug-likeness (QED) is 0.205. The number of aliphatic imine (C=N–C) groups is 1. The highest BCUT2D eigenvalue weighted by Crippen LogP contribution is 2.09. The first-order chi connectivity index (χ1) is 13.7. The molecule has 1 aromatic carbocycles. The normalized spacial score (nSPS) is 15.2. The van der Waals surface area contributed by atoms with Crippen LogP contribution in [0.5, 0.6) is 0 Å². The zero-order valence-corrected chi connectivity index (χ0v) is 20.8. The number of nitrogens with one attached hydrogen (secondary N) is 2. The fraction of sp³-hybridized carbons (Fsp3) is 0.682. The van der Waals surface area contributed by atoms with E-state index in [9.17, 15) is 0 Å². The number of morpholine rings is 1. The summed E-state index contributed by atoms with van der Waals surface area (Å²) >= 11 is 0. The van der Waals surface area contributed by atoms with Crippen molar-refractivity contribution >= 4 is 29.9 Å². The standard InChI is InChI=1S/C22H39N5O.HI/c1-4-23-22(24-11-8-12-27-13-15-28-16-14-27)25-18-20-9-7-10-21(17-20)19-26(5-2)6-3;/h7,9-10,17H,4-6,8,11-16,18-19H2,1-3H3,(H2,23,24,25);1H. The summed E-state index contributed by atoms with van der Waals surface area (Å²) in [6.07, 6.45) is 1.11. The highest BCUT2D eigenvalue weighted by atomic mass is 127. The molecule has 2 N–H and O–H groups in total. The van der Waals surface area contributed by atoms with Crippen molar-refractivity contribution in [2.75, 3.05) is 59.0 Å². The van der Waals surface area contributed by atoms with E-state index < -0.39 is 0 Å². The SMILES string of the molecule is CCNC(=NCc1cccc(CN(CC)CC)c1)NCCCN1CCOCC1.I. The first-order valence-corrected chi connectivity index (χ1v) is 10.9. The van der Waals surface area contributed by atoms with Crippen molar-refractivity contribution in [1.29, 1.82) is 0 Å². The molecule has 1 fully saturated rings. The van der Waals surface area contributed by atoms with Gasteiger partial charge in [0.25, 0.3) is 0 Å². The Hall–Kier alpha value is -0.900. The van der Waals surface area contributed by atoms with Crippen molar-refractivity contribution in [2.45, 2.75) is 40.3 Å². The fourth-order valence-corrected chi connectivity index (χ4v) is 3.38. The zero-order valence-electron chi connectivity index (χ0n) is 18.5. The summed E-state index contributed by atoms with van der Waals surface area (Å²) < 4.78 is 5.40. The predicted octanol–water partition coefficient (Wildman–Crippen LogP) is 2.92. The van der Waals surface area contributed by atoms with Crippen LogP contribution in [0.1, 0.15) is 38.3 Å². The number of halogens is 1. The number of ether oxygens (including phenoxy) is 1. The molecule has 29 heavy (non-hydrogen) atoms. The van der Waals surface area contributed by atoms with Crippen molar-refractivity contribution in [2.24, 2.45) is 4.99 Å². The van der Waals surface area contributed by atoms with Crippen LogP contribution < -0.4 is 10.6 Å². The Morgan fingerprint density at radius 2 is 1.83 bits per heavy atom. The fourth-order valence-electron chi connectivity index (χ4n) is 3.38. The first kappa shape index (κ1) is 26.1. The first-order valence-electron chi connectivity index (χ1n) is 10.9. The van der Waals surface area contributed by atoms with Crippen LogP contribution in [0.2, 0.25) is 0 Å². The summed E-state index contributed by atoms with van der Waals surface area (Å²) in [5.74, 6) is 0.902. The van der Waals surface area contributed by atoms with Gasteiger partial charge in [-0.3, -0.25) is 9.80 Å². The second-order valence-corrected chi connectivity index (χ2v) is 7.21. The van der Waals surface area contributed by atoms with Gasteiger partial charge in [-0.05, 0) is 44.1 Å². The monoisotopic (exact) mass is 517 g/mol. The van der Waals surface area contributed by atoms with E-state index in [0.717, 1.165) is 78.0 Å². The van der Waals surface area contributed by atoms with Gasteiger partial charge >= 0.3 is 0 Å². The molecule has 2 rings (SSSR count). The van der Waals surface area contributed by atoms with E-state index in [1.54, 1.807) is 0 Å². The van der Waals surface area contributed by atoms with Crippen LogP contribution in [0.4, 0.5) is 0 Å². The van der Waals surface area contributed by atoms with E-state index in [1.807, 2.05) is 0 Å². The highest BCUT2D eigenvalue weighted by molar-refractivity contribution is 14.0. The average molecular weight is 518 g/mol. The smallest absolute Gasteiger partial charge is 0.191 e. The third kappa shape index (κ3) is 10.6. The van der Waals surface area contributed by atoms with Crippen LogP contribution in [0.25, 0.3) is 0 Å². The van der Waals surface area contributed by atoms with Crippen molar-refractivity contribution in [3.63, 3.8) is 0 Å². The van der Waals surface area contributed by atoms with E-state index in [1.165, 1.54) is 11.1 Å². The van der Waals surface area contributed by atoms with E-state index in [2.05, 4.69) is 65.5 Å². The molecule has 1 heterocycles. The van der Waals surface area contributed by atoms with Gasteiger partial charge in [0.2, 0.25) is 0 Å². The molecule has 7 heteroatoms. The molecule has 0 unspecified atom stereocenters. The van der Waals surface area contributed by atoms with Crippen molar-refractivity contribution in [1.82, 2.24) is 20.4 Å². The van der Waals surface area contributed by atoms with Gasteiger partial charge in [-0.1, -0.05) is 38.1 Å². The summed E-state index contributed by atoms with van der Waals surface area (Å²) in [6.45, 7) is 17.2. The average Bonchev–Trinajstić information content (AvgIpc) is 2.74. The Labute approximate surface area is 194 Å². The molecule has 0 atom stereocenters. The van der Waals surface area contributed by atoms with E-state index in [4.69, 9.17) is 9.73 Å². The van der Waals surface area contributed by atoms with Crippen LogP contribution in [-0.4, -0.2) is 74.8 Å². The molecule has 0 aromatic heterocycles. The number of nitrogens with zero attached hydrogens (tertiary/aromatic N) is 3. The molecule has 0 aliphatic carbocycles. The Morgan fingerprint density at radius 3 is 2.52 bits per heavy atom. The number of hydrogen-bond donors (Lipinski definition) is 2. The van der Waals surface area contributed by atoms with Crippen molar-refractivity contribution in [3.8, 4) is 0 Å². The van der Waals surface area contributed by atoms with Gasteiger partial charge < -0.3 is 15.4 Å². The molecular formula is C22H40IN5O. The Balaban J connectivity index is 0.00000420. The van der Waals surface area contributed by atoms with Gasteiger partial charge in [-0.15, -0.1) is 24.0 Å². The van der Waals surface area contributed by atoms with Crippen LogP contribution in [0.3, 0.4) is 0 Å². The lowest BCUT2D eigenvalue weighted by Gasteiger charge is -2.26. The van der Waals surface area contributed by atoms with Gasteiger partial charge in [0.05, 0.1) is 19.8 Å².